The van der Waals surface area contributed by atoms with Gasteiger partial charge >= 0.3 is 0 Å². The molecule has 1 amide bonds. The summed E-state index contributed by atoms with van der Waals surface area (Å²) in [5, 5.41) is 10.5. The molecule has 5 heteroatoms. The highest BCUT2D eigenvalue weighted by atomic mass is 35.5. The second kappa shape index (κ2) is 4.33. The van der Waals surface area contributed by atoms with E-state index in [9.17, 15) is 4.79 Å². The van der Waals surface area contributed by atoms with Crippen LogP contribution in [0.5, 0.6) is 0 Å². The van der Waals surface area contributed by atoms with Crippen molar-refractivity contribution in [2.75, 3.05) is 0 Å². The molecule has 2 heterocycles. The number of amides is 1. The van der Waals surface area contributed by atoms with Gasteiger partial charge in [0.1, 0.15) is 5.41 Å². The molecule has 104 valence electrons. The fourth-order valence-corrected chi connectivity index (χ4v) is 3.37. The van der Waals surface area contributed by atoms with E-state index in [4.69, 9.17) is 11.6 Å². The number of carbonyl (C=O) groups is 1. The van der Waals surface area contributed by atoms with Gasteiger partial charge in [-0.15, -0.1) is 0 Å². The number of aromatic amines is 1. The van der Waals surface area contributed by atoms with Gasteiger partial charge in [-0.2, -0.15) is 5.10 Å². The van der Waals surface area contributed by atoms with Gasteiger partial charge in [0.15, 0.2) is 0 Å². The lowest BCUT2D eigenvalue weighted by Gasteiger charge is -2.41. The van der Waals surface area contributed by atoms with Crippen molar-refractivity contribution in [3.63, 3.8) is 0 Å². The van der Waals surface area contributed by atoms with Crippen LogP contribution >= 0.6 is 11.6 Å². The number of nitrogens with one attached hydrogen (secondary N) is 2. The van der Waals surface area contributed by atoms with Gasteiger partial charge in [-0.1, -0.05) is 35.9 Å². The Morgan fingerprint density at radius 3 is 3.10 bits per heavy atom. The molecule has 3 aliphatic rings. The zero-order valence-electron chi connectivity index (χ0n) is 11.1. The largest absolute Gasteiger partial charge is 0.331 e. The zero-order valence-corrected chi connectivity index (χ0v) is 11.8. The number of aromatic nitrogens is 2. The first-order valence-corrected chi connectivity index (χ1v) is 7.07. The number of hydrogen-bond donors (Lipinski definition) is 2. The molecule has 4 nitrogen and oxygen atoms in total. The standard InChI is InChI=1S/C16H12ClN3O/c17-11-4-6-16-10(8-11)2-1-3-13(16)12(9-18-15(16)21)14-5-7-19-20-14/h1-5,7-9H,6H2,(H,18,21)(H,19,20). The predicted molar refractivity (Wildman–Crippen MR) is 81.0 cm³/mol. The molecule has 1 aromatic rings. The summed E-state index contributed by atoms with van der Waals surface area (Å²) in [5.74, 6) is -0.0203. The van der Waals surface area contributed by atoms with E-state index in [2.05, 4.69) is 15.5 Å². The summed E-state index contributed by atoms with van der Waals surface area (Å²) in [6.45, 7) is 0. The van der Waals surface area contributed by atoms with E-state index >= 15 is 0 Å². The van der Waals surface area contributed by atoms with E-state index in [0.717, 1.165) is 22.4 Å². The highest BCUT2D eigenvalue weighted by Gasteiger charge is 2.49. The summed E-state index contributed by atoms with van der Waals surface area (Å²) in [7, 11) is 0. The quantitative estimate of drug-likeness (QED) is 0.837. The van der Waals surface area contributed by atoms with Crippen LogP contribution in [0, 0.1) is 5.41 Å². The molecule has 1 aliphatic heterocycles. The maximum atomic E-state index is 12.6. The Balaban J connectivity index is 1.93. The number of halogens is 1. The number of H-pyrrole nitrogens is 1. The number of nitrogens with zero attached hydrogens (tertiary/aromatic N) is 1. The van der Waals surface area contributed by atoms with Crippen LogP contribution in [0.3, 0.4) is 0 Å². The third-order valence-corrected chi connectivity index (χ3v) is 4.47. The molecule has 2 aliphatic carbocycles. The number of rotatable bonds is 1. The Morgan fingerprint density at radius 1 is 1.38 bits per heavy atom. The molecule has 0 radical (unpaired) electrons. The molecule has 0 saturated heterocycles. The first-order chi connectivity index (χ1) is 10.2. The second-order valence-electron chi connectivity index (χ2n) is 5.24. The summed E-state index contributed by atoms with van der Waals surface area (Å²) in [6, 6.07) is 1.89. The second-order valence-corrected chi connectivity index (χ2v) is 5.68. The van der Waals surface area contributed by atoms with E-state index in [1.807, 2.05) is 36.4 Å². The maximum absolute atomic E-state index is 12.6. The lowest BCUT2D eigenvalue weighted by atomic mass is 9.63. The summed E-state index contributed by atoms with van der Waals surface area (Å²) >= 11 is 6.12. The Labute approximate surface area is 126 Å². The number of carbonyl (C=O) groups excluding carboxylic acids is 1. The fraction of sp³-hybridized carbons (Fsp3) is 0.125. The van der Waals surface area contributed by atoms with Gasteiger partial charge in [-0.25, -0.2) is 0 Å². The van der Waals surface area contributed by atoms with Gasteiger partial charge in [0.2, 0.25) is 5.91 Å². The topological polar surface area (TPSA) is 57.8 Å². The van der Waals surface area contributed by atoms with Crippen molar-refractivity contribution in [3.05, 3.63) is 70.7 Å². The minimum atomic E-state index is -0.692. The highest BCUT2D eigenvalue weighted by Crippen LogP contribution is 2.52. The minimum Gasteiger partial charge on any atom is -0.331 e. The first-order valence-electron chi connectivity index (χ1n) is 6.70. The molecule has 21 heavy (non-hydrogen) atoms. The van der Waals surface area contributed by atoms with Gasteiger partial charge in [0.05, 0.1) is 5.69 Å². The van der Waals surface area contributed by atoms with Crippen molar-refractivity contribution < 1.29 is 4.79 Å². The molecular weight excluding hydrogens is 286 g/mol. The Hall–Kier alpha value is -2.33. The van der Waals surface area contributed by atoms with Crippen LogP contribution < -0.4 is 5.32 Å². The molecule has 0 bridgehead atoms. The third kappa shape index (κ3) is 1.63. The molecule has 1 unspecified atom stereocenters. The van der Waals surface area contributed by atoms with Crippen molar-refractivity contribution in [2.24, 2.45) is 5.41 Å². The van der Waals surface area contributed by atoms with Gasteiger partial charge in [0.25, 0.3) is 0 Å². The van der Waals surface area contributed by atoms with E-state index in [1.165, 1.54) is 0 Å². The Morgan fingerprint density at radius 2 is 2.29 bits per heavy atom. The Bertz CT molecular complexity index is 780. The van der Waals surface area contributed by atoms with Gasteiger partial charge in [0, 0.05) is 23.0 Å². The molecule has 1 spiro atoms. The average molecular weight is 298 g/mol. The van der Waals surface area contributed by atoms with Crippen LogP contribution in [-0.4, -0.2) is 16.1 Å². The van der Waals surface area contributed by atoms with Crippen LogP contribution in [0.2, 0.25) is 0 Å². The van der Waals surface area contributed by atoms with E-state index in [0.29, 0.717) is 11.5 Å². The highest BCUT2D eigenvalue weighted by molar-refractivity contribution is 6.31. The minimum absolute atomic E-state index is 0.0203. The van der Waals surface area contributed by atoms with Gasteiger partial charge in [-0.05, 0) is 29.7 Å². The SMILES string of the molecule is O=C1NC=C(c2ccn[nH]2)C2=CC=CC3=CC(Cl)=CCC132. The van der Waals surface area contributed by atoms with Crippen LogP contribution in [-0.2, 0) is 4.79 Å². The Kier molecular flexibility index (Phi) is 2.56. The molecule has 1 atom stereocenters. The molecule has 0 aromatic carbocycles. The van der Waals surface area contributed by atoms with Crippen LogP contribution in [0.15, 0.2) is 65.0 Å². The van der Waals surface area contributed by atoms with Crippen molar-refractivity contribution in [1.29, 1.82) is 0 Å². The summed E-state index contributed by atoms with van der Waals surface area (Å²) in [4.78, 5) is 12.6. The van der Waals surface area contributed by atoms with Gasteiger partial charge in [-0.3, -0.25) is 9.89 Å². The fourth-order valence-electron chi connectivity index (χ4n) is 3.18. The van der Waals surface area contributed by atoms with Crippen LogP contribution in [0.1, 0.15) is 12.1 Å². The third-order valence-electron chi connectivity index (χ3n) is 4.20. The summed E-state index contributed by atoms with van der Waals surface area (Å²) in [5.41, 5.74) is 3.05. The lowest BCUT2D eigenvalue weighted by molar-refractivity contribution is -0.126. The van der Waals surface area contributed by atoms with Crippen LogP contribution in [0.25, 0.3) is 5.57 Å². The molecule has 4 rings (SSSR count). The van der Waals surface area contributed by atoms with E-state index in [-0.39, 0.29) is 5.91 Å². The predicted octanol–water partition coefficient (Wildman–Crippen LogP) is 2.82. The van der Waals surface area contributed by atoms with Crippen molar-refractivity contribution in [3.8, 4) is 0 Å². The monoisotopic (exact) mass is 297 g/mol. The number of hydrogen-bond acceptors (Lipinski definition) is 2. The normalized spacial score (nSPS) is 26.8. The summed E-state index contributed by atoms with van der Waals surface area (Å²) < 4.78 is 0. The molecular formula is C16H12ClN3O. The smallest absolute Gasteiger partial charge is 0.239 e. The van der Waals surface area contributed by atoms with E-state index < -0.39 is 5.41 Å². The van der Waals surface area contributed by atoms with Crippen LogP contribution in [0.4, 0.5) is 0 Å². The molecule has 1 aromatic heterocycles. The summed E-state index contributed by atoms with van der Waals surface area (Å²) in [6.07, 6.45) is 13.7. The molecule has 2 N–H and O–H groups in total. The first kappa shape index (κ1) is 12.4. The van der Waals surface area contributed by atoms with E-state index in [1.54, 1.807) is 12.4 Å². The van der Waals surface area contributed by atoms with Crippen molar-refractivity contribution in [1.82, 2.24) is 15.5 Å². The zero-order chi connectivity index (χ0) is 14.4. The van der Waals surface area contributed by atoms with Crippen molar-refractivity contribution in [2.45, 2.75) is 6.42 Å². The molecule has 0 fully saturated rings. The van der Waals surface area contributed by atoms with Gasteiger partial charge < -0.3 is 5.32 Å². The number of allylic oxidation sites excluding steroid dienone is 7. The lowest BCUT2D eigenvalue weighted by Crippen LogP contribution is -2.46. The molecule has 0 saturated carbocycles. The van der Waals surface area contributed by atoms with Crippen molar-refractivity contribution >= 4 is 23.1 Å². The average Bonchev–Trinajstić information content (AvgIpc) is 3.01. The maximum Gasteiger partial charge on any atom is 0.239 e.